The van der Waals surface area contributed by atoms with Gasteiger partial charge >= 0.3 is 0 Å². The standard InChI is InChI=1S/C25H24N4O2S/c1-25(2)11-9-18(10-12-25)19-13-22-23(20-15-27-28(3)16-20)17-29(24(22)26-14-19)32(30,31)21-7-5-4-6-8-21/h4-11,13-17H,12H2,1-3H3. The molecule has 0 fully saturated rings. The fourth-order valence-corrected chi connectivity index (χ4v) is 5.30. The van der Waals surface area contributed by atoms with Crippen molar-refractivity contribution in [1.82, 2.24) is 18.7 Å². The second kappa shape index (κ2) is 7.31. The molecule has 1 aliphatic carbocycles. The smallest absolute Gasteiger partial charge is 0.269 e. The molecule has 7 heteroatoms. The Labute approximate surface area is 187 Å². The van der Waals surface area contributed by atoms with Crippen LogP contribution in [-0.2, 0) is 17.1 Å². The molecule has 0 spiro atoms. The van der Waals surface area contributed by atoms with E-state index >= 15 is 0 Å². The van der Waals surface area contributed by atoms with Crippen molar-refractivity contribution >= 4 is 26.6 Å². The van der Waals surface area contributed by atoms with E-state index in [-0.39, 0.29) is 10.3 Å². The number of hydrogen-bond donors (Lipinski definition) is 0. The third-order valence-corrected chi connectivity index (χ3v) is 7.49. The van der Waals surface area contributed by atoms with Crippen LogP contribution in [0.1, 0.15) is 25.8 Å². The van der Waals surface area contributed by atoms with Gasteiger partial charge in [0, 0.05) is 47.7 Å². The van der Waals surface area contributed by atoms with Crippen LogP contribution in [0.25, 0.3) is 27.7 Å². The number of pyridine rings is 1. The molecule has 0 saturated heterocycles. The van der Waals surface area contributed by atoms with E-state index < -0.39 is 10.0 Å². The molecule has 162 valence electrons. The molecule has 5 rings (SSSR count). The molecule has 1 aromatic carbocycles. The minimum Gasteiger partial charge on any atom is -0.275 e. The molecule has 6 nitrogen and oxygen atoms in total. The van der Waals surface area contributed by atoms with E-state index in [0.717, 1.165) is 34.1 Å². The normalized spacial score (nSPS) is 15.8. The van der Waals surface area contributed by atoms with Gasteiger partial charge in [0.25, 0.3) is 10.0 Å². The van der Waals surface area contributed by atoms with Crippen molar-refractivity contribution in [2.45, 2.75) is 25.2 Å². The summed E-state index contributed by atoms with van der Waals surface area (Å²) >= 11 is 0. The van der Waals surface area contributed by atoms with Crippen LogP contribution in [0.2, 0.25) is 0 Å². The number of rotatable bonds is 4. The van der Waals surface area contributed by atoms with Gasteiger partial charge in [-0.1, -0.05) is 50.3 Å². The Morgan fingerprint density at radius 1 is 1.03 bits per heavy atom. The minimum absolute atomic E-state index is 0.134. The first kappa shape index (κ1) is 20.5. The van der Waals surface area contributed by atoms with Gasteiger partial charge < -0.3 is 0 Å². The molecular weight excluding hydrogens is 420 g/mol. The van der Waals surface area contributed by atoms with Gasteiger partial charge in [-0.15, -0.1) is 0 Å². The maximum absolute atomic E-state index is 13.4. The van der Waals surface area contributed by atoms with Gasteiger partial charge in [0.1, 0.15) is 0 Å². The zero-order chi connectivity index (χ0) is 22.5. The molecule has 3 aromatic heterocycles. The molecule has 0 radical (unpaired) electrons. The first-order chi connectivity index (χ1) is 15.2. The molecule has 4 aromatic rings. The summed E-state index contributed by atoms with van der Waals surface area (Å²) in [6.07, 6.45) is 14.5. The first-order valence-electron chi connectivity index (χ1n) is 10.5. The van der Waals surface area contributed by atoms with Crippen LogP contribution in [-0.4, -0.2) is 27.2 Å². The van der Waals surface area contributed by atoms with Crippen LogP contribution >= 0.6 is 0 Å². The molecule has 0 aliphatic heterocycles. The maximum atomic E-state index is 13.4. The van der Waals surface area contributed by atoms with E-state index in [9.17, 15) is 8.42 Å². The summed E-state index contributed by atoms with van der Waals surface area (Å²) in [5, 5.41) is 5.04. The van der Waals surface area contributed by atoms with E-state index in [1.807, 2.05) is 19.3 Å². The van der Waals surface area contributed by atoms with Gasteiger partial charge in [-0.05, 0) is 35.6 Å². The maximum Gasteiger partial charge on any atom is 0.269 e. The van der Waals surface area contributed by atoms with Crippen molar-refractivity contribution in [1.29, 1.82) is 0 Å². The molecular formula is C25H24N4O2S. The van der Waals surface area contributed by atoms with Gasteiger partial charge in [-0.25, -0.2) is 17.4 Å². The lowest BCUT2D eigenvalue weighted by Gasteiger charge is -2.22. The summed E-state index contributed by atoms with van der Waals surface area (Å²) < 4.78 is 29.9. The average Bonchev–Trinajstić information content (AvgIpc) is 3.37. The van der Waals surface area contributed by atoms with E-state index in [0.29, 0.717) is 5.65 Å². The molecule has 0 amide bonds. The largest absolute Gasteiger partial charge is 0.275 e. The van der Waals surface area contributed by atoms with E-state index in [4.69, 9.17) is 0 Å². The fourth-order valence-electron chi connectivity index (χ4n) is 3.96. The van der Waals surface area contributed by atoms with Gasteiger partial charge in [0.05, 0.1) is 11.1 Å². The highest BCUT2D eigenvalue weighted by Crippen LogP contribution is 2.36. The number of nitrogens with zero attached hydrogens (tertiary/aromatic N) is 4. The second-order valence-corrected chi connectivity index (χ2v) is 10.7. The Hall–Kier alpha value is -3.45. The number of aromatic nitrogens is 4. The Morgan fingerprint density at radius 3 is 2.47 bits per heavy atom. The van der Waals surface area contributed by atoms with Crippen molar-refractivity contribution in [2.75, 3.05) is 0 Å². The van der Waals surface area contributed by atoms with Gasteiger partial charge in [-0.2, -0.15) is 5.10 Å². The molecule has 0 saturated carbocycles. The van der Waals surface area contributed by atoms with Crippen molar-refractivity contribution in [3.8, 4) is 11.1 Å². The van der Waals surface area contributed by atoms with Crippen LogP contribution in [0.15, 0.2) is 84.3 Å². The monoisotopic (exact) mass is 444 g/mol. The predicted molar refractivity (Wildman–Crippen MR) is 126 cm³/mol. The Bertz CT molecular complexity index is 1490. The summed E-state index contributed by atoms with van der Waals surface area (Å²) in [6, 6.07) is 10.4. The lowest BCUT2D eigenvalue weighted by Crippen LogP contribution is -2.12. The third-order valence-electron chi connectivity index (χ3n) is 5.82. The molecule has 0 atom stereocenters. The Balaban J connectivity index is 1.72. The van der Waals surface area contributed by atoms with Crippen LogP contribution in [0.5, 0.6) is 0 Å². The zero-order valence-electron chi connectivity index (χ0n) is 18.2. The van der Waals surface area contributed by atoms with Crippen molar-refractivity contribution in [2.24, 2.45) is 12.5 Å². The lowest BCUT2D eigenvalue weighted by molar-refractivity contribution is 0.485. The minimum atomic E-state index is -3.80. The predicted octanol–water partition coefficient (Wildman–Crippen LogP) is 5.04. The number of benzene rings is 1. The topological polar surface area (TPSA) is 69.8 Å². The summed E-state index contributed by atoms with van der Waals surface area (Å²) in [5.41, 5.74) is 4.21. The number of aryl methyl sites for hydroxylation is 1. The van der Waals surface area contributed by atoms with Crippen molar-refractivity contribution in [3.63, 3.8) is 0 Å². The van der Waals surface area contributed by atoms with Crippen molar-refractivity contribution in [3.05, 3.63) is 85.0 Å². The van der Waals surface area contributed by atoms with Gasteiger partial charge in [-0.3, -0.25) is 4.68 Å². The number of allylic oxidation sites excluding steroid dienone is 4. The molecule has 1 aliphatic rings. The number of fused-ring (bicyclic) bond motifs is 1. The Kier molecular flexibility index (Phi) is 4.67. The number of hydrogen-bond acceptors (Lipinski definition) is 4. The van der Waals surface area contributed by atoms with E-state index in [1.54, 1.807) is 53.6 Å². The van der Waals surface area contributed by atoms with Gasteiger partial charge in [0.2, 0.25) is 0 Å². The lowest BCUT2D eigenvalue weighted by atomic mass is 9.83. The first-order valence-corrected chi connectivity index (χ1v) is 11.9. The zero-order valence-corrected chi connectivity index (χ0v) is 19.0. The van der Waals surface area contributed by atoms with Crippen LogP contribution in [0.4, 0.5) is 0 Å². The molecule has 0 N–H and O–H groups in total. The average molecular weight is 445 g/mol. The van der Waals surface area contributed by atoms with Crippen molar-refractivity contribution < 1.29 is 8.42 Å². The second-order valence-electron chi connectivity index (χ2n) is 8.84. The molecule has 0 unspecified atom stereocenters. The van der Waals surface area contributed by atoms with Crippen LogP contribution in [0.3, 0.4) is 0 Å². The quantitative estimate of drug-likeness (QED) is 0.442. The molecule has 0 bridgehead atoms. The molecule has 32 heavy (non-hydrogen) atoms. The highest BCUT2D eigenvalue weighted by atomic mass is 32.2. The highest BCUT2D eigenvalue weighted by molar-refractivity contribution is 7.90. The third kappa shape index (κ3) is 3.48. The summed E-state index contributed by atoms with van der Waals surface area (Å²) in [6.45, 7) is 4.40. The summed E-state index contributed by atoms with van der Waals surface area (Å²) in [5.74, 6) is 0. The van der Waals surface area contributed by atoms with Crippen LogP contribution < -0.4 is 0 Å². The molecule has 3 heterocycles. The van der Waals surface area contributed by atoms with E-state index in [2.05, 4.69) is 42.2 Å². The van der Waals surface area contributed by atoms with E-state index in [1.165, 1.54) is 3.97 Å². The van der Waals surface area contributed by atoms with Gasteiger partial charge in [0.15, 0.2) is 5.65 Å². The summed E-state index contributed by atoms with van der Waals surface area (Å²) in [7, 11) is -1.96. The fraction of sp³-hybridized carbons (Fsp3) is 0.200. The SMILES string of the molecule is Cn1cc(-c2cn(S(=O)(=O)c3ccccc3)c3ncc(C4=CCC(C)(C)C=C4)cc23)cn1. The Morgan fingerprint density at radius 2 is 1.81 bits per heavy atom. The highest BCUT2D eigenvalue weighted by Gasteiger charge is 2.24. The summed E-state index contributed by atoms with van der Waals surface area (Å²) in [4.78, 5) is 4.84. The van der Waals surface area contributed by atoms with Crippen LogP contribution in [0, 0.1) is 5.41 Å².